The Balaban J connectivity index is 1.71. The molecule has 0 aromatic heterocycles. The van der Waals surface area contributed by atoms with E-state index in [0.717, 1.165) is 32.6 Å². The summed E-state index contributed by atoms with van der Waals surface area (Å²) in [6, 6.07) is 16.2. The third-order valence-electron chi connectivity index (χ3n) is 4.66. The minimum Gasteiger partial charge on any atom is -0.490 e. The van der Waals surface area contributed by atoms with E-state index in [9.17, 15) is 4.79 Å². The summed E-state index contributed by atoms with van der Waals surface area (Å²) in [5.74, 6) is 0.735. The summed E-state index contributed by atoms with van der Waals surface area (Å²) in [6.45, 7) is 9.38. The van der Waals surface area contributed by atoms with E-state index in [1.165, 1.54) is 11.3 Å². The lowest BCUT2D eigenvalue weighted by atomic mass is 10.1. The molecule has 0 unspecified atom stereocenters. The van der Waals surface area contributed by atoms with E-state index in [0.29, 0.717) is 11.3 Å². The molecule has 1 aliphatic heterocycles. The summed E-state index contributed by atoms with van der Waals surface area (Å²) in [7, 11) is 0. The first-order chi connectivity index (χ1) is 12.5. The largest absolute Gasteiger partial charge is 0.490 e. The Hall–Kier alpha value is -2.49. The van der Waals surface area contributed by atoms with Gasteiger partial charge in [0.2, 0.25) is 0 Å². The van der Waals surface area contributed by atoms with Crippen LogP contribution in [0.15, 0.2) is 48.5 Å². The summed E-state index contributed by atoms with van der Waals surface area (Å²) in [5.41, 5.74) is 3.15. The normalized spacial score (nSPS) is 15.1. The zero-order chi connectivity index (χ0) is 18.5. The van der Waals surface area contributed by atoms with Gasteiger partial charge in [0.25, 0.3) is 5.91 Å². The number of ether oxygens (including phenoxy) is 1. The maximum atomic E-state index is 13.1. The molecule has 0 spiro atoms. The fourth-order valence-corrected chi connectivity index (χ4v) is 3.30. The second-order valence-electron chi connectivity index (χ2n) is 7.13. The molecule has 0 radical (unpaired) electrons. The van der Waals surface area contributed by atoms with E-state index < -0.39 is 0 Å². The first kappa shape index (κ1) is 18.3. The SMILES string of the molecule is Cc1ccc(N2CCCN(C(=O)c3ccccc3OC(C)C)CC2)cc1. The number of carbonyl (C=O) groups is 1. The number of hydrogen-bond donors (Lipinski definition) is 0. The zero-order valence-electron chi connectivity index (χ0n) is 15.9. The molecule has 2 aromatic carbocycles. The number of rotatable bonds is 4. The van der Waals surface area contributed by atoms with Crippen molar-refractivity contribution in [2.75, 3.05) is 31.1 Å². The molecule has 0 N–H and O–H groups in total. The van der Waals surface area contributed by atoms with Gasteiger partial charge in [0.15, 0.2) is 0 Å². The Morgan fingerprint density at radius 3 is 2.42 bits per heavy atom. The molecule has 2 aromatic rings. The van der Waals surface area contributed by atoms with Crippen molar-refractivity contribution in [3.8, 4) is 5.75 Å². The molecule has 1 heterocycles. The molecule has 4 heteroatoms. The molecule has 0 saturated carbocycles. The van der Waals surface area contributed by atoms with E-state index in [1.807, 2.05) is 43.0 Å². The quantitative estimate of drug-likeness (QED) is 0.829. The minimum atomic E-state index is 0.0464. The van der Waals surface area contributed by atoms with Gasteiger partial charge in [0.05, 0.1) is 11.7 Å². The Bertz CT molecular complexity index is 740. The van der Waals surface area contributed by atoms with Gasteiger partial charge in [-0.2, -0.15) is 0 Å². The number of hydrogen-bond acceptors (Lipinski definition) is 3. The van der Waals surface area contributed by atoms with Crippen LogP contribution in [0.4, 0.5) is 5.69 Å². The fourth-order valence-electron chi connectivity index (χ4n) is 3.30. The summed E-state index contributed by atoms with van der Waals surface area (Å²) in [4.78, 5) is 17.4. The number of benzene rings is 2. The molecule has 26 heavy (non-hydrogen) atoms. The van der Waals surface area contributed by atoms with Crippen LogP contribution in [0.25, 0.3) is 0 Å². The van der Waals surface area contributed by atoms with Gasteiger partial charge in [-0.05, 0) is 51.5 Å². The number of aryl methyl sites for hydroxylation is 1. The van der Waals surface area contributed by atoms with Crippen LogP contribution in [0.5, 0.6) is 5.75 Å². The zero-order valence-corrected chi connectivity index (χ0v) is 15.9. The summed E-state index contributed by atoms with van der Waals surface area (Å²) >= 11 is 0. The molecule has 138 valence electrons. The number of nitrogens with zero attached hydrogens (tertiary/aromatic N) is 2. The van der Waals surface area contributed by atoms with Gasteiger partial charge in [-0.25, -0.2) is 0 Å². The van der Waals surface area contributed by atoms with Gasteiger partial charge in [-0.1, -0.05) is 29.8 Å². The fraction of sp³-hybridized carbons (Fsp3) is 0.409. The molecule has 0 bridgehead atoms. The van der Waals surface area contributed by atoms with Gasteiger partial charge < -0.3 is 14.5 Å². The molecule has 1 aliphatic rings. The van der Waals surface area contributed by atoms with E-state index in [1.54, 1.807) is 0 Å². The Morgan fingerprint density at radius 1 is 0.962 bits per heavy atom. The van der Waals surface area contributed by atoms with Crippen LogP contribution in [-0.4, -0.2) is 43.1 Å². The number of carbonyl (C=O) groups excluding carboxylic acids is 1. The predicted octanol–water partition coefficient (Wildman–Crippen LogP) is 4.13. The van der Waals surface area contributed by atoms with Crippen LogP contribution in [-0.2, 0) is 0 Å². The number of amides is 1. The van der Waals surface area contributed by atoms with Gasteiger partial charge >= 0.3 is 0 Å². The molecule has 0 atom stereocenters. The molecule has 3 rings (SSSR count). The highest BCUT2D eigenvalue weighted by Crippen LogP contribution is 2.23. The lowest BCUT2D eigenvalue weighted by Gasteiger charge is -2.24. The third kappa shape index (κ3) is 4.37. The summed E-state index contributed by atoms with van der Waals surface area (Å²) in [5, 5.41) is 0. The lowest BCUT2D eigenvalue weighted by Crippen LogP contribution is -2.35. The van der Waals surface area contributed by atoms with Gasteiger partial charge in [0, 0.05) is 31.9 Å². The monoisotopic (exact) mass is 352 g/mol. The maximum Gasteiger partial charge on any atom is 0.257 e. The first-order valence-corrected chi connectivity index (χ1v) is 9.41. The van der Waals surface area contributed by atoms with Crippen molar-refractivity contribution in [1.82, 2.24) is 4.90 Å². The molecule has 4 nitrogen and oxygen atoms in total. The highest BCUT2D eigenvalue weighted by molar-refractivity contribution is 5.97. The van der Waals surface area contributed by atoms with Crippen LogP contribution in [0, 0.1) is 6.92 Å². The van der Waals surface area contributed by atoms with Crippen molar-refractivity contribution in [2.24, 2.45) is 0 Å². The Morgan fingerprint density at radius 2 is 1.69 bits per heavy atom. The van der Waals surface area contributed by atoms with E-state index in [-0.39, 0.29) is 12.0 Å². The summed E-state index contributed by atoms with van der Waals surface area (Å²) < 4.78 is 5.83. The Labute approximate surface area is 156 Å². The van der Waals surface area contributed by atoms with Crippen molar-refractivity contribution >= 4 is 11.6 Å². The second kappa shape index (κ2) is 8.26. The van der Waals surface area contributed by atoms with E-state index >= 15 is 0 Å². The summed E-state index contributed by atoms with van der Waals surface area (Å²) in [6.07, 6.45) is 1.01. The Kier molecular flexibility index (Phi) is 5.82. The van der Waals surface area contributed by atoms with Crippen LogP contribution < -0.4 is 9.64 Å². The van der Waals surface area contributed by atoms with Gasteiger partial charge in [0.1, 0.15) is 5.75 Å². The van der Waals surface area contributed by atoms with Crippen molar-refractivity contribution in [3.63, 3.8) is 0 Å². The second-order valence-corrected chi connectivity index (χ2v) is 7.13. The van der Waals surface area contributed by atoms with Crippen LogP contribution in [0.3, 0.4) is 0 Å². The van der Waals surface area contributed by atoms with Gasteiger partial charge in [-0.3, -0.25) is 4.79 Å². The van der Waals surface area contributed by atoms with Crippen LogP contribution >= 0.6 is 0 Å². The van der Waals surface area contributed by atoms with Crippen molar-refractivity contribution in [2.45, 2.75) is 33.3 Å². The molecular formula is C22H28N2O2. The third-order valence-corrected chi connectivity index (χ3v) is 4.66. The topological polar surface area (TPSA) is 32.8 Å². The van der Waals surface area contributed by atoms with E-state index in [2.05, 4.69) is 36.1 Å². The molecular weight excluding hydrogens is 324 g/mol. The van der Waals surface area contributed by atoms with Crippen molar-refractivity contribution in [3.05, 3.63) is 59.7 Å². The van der Waals surface area contributed by atoms with E-state index in [4.69, 9.17) is 4.74 Å². The number of anilines is 1. The number of para-hydroxylation sites is 1. The van der Waals surface area contributed by atoms with Gasteiger partial charge in [-0.15, -0.1) is 0 Å². The molecule has 0 aliphatic carbocycles. The highest BCUT2D eigenvalue weighted by atomic mass is 16.5. The predicted molar refractivity (Wildman–Crippen MR) is 106 cm³/mol. The average molecular weight is 352 g/mol. The molecule has 1 saturated heterocycles. The minimum absolute atomic E-state index is 0.0464. The first-order valence-electron chi connectivity index (χ1n) is 9.41. The van der Waals surface area contributed by atoms with Crippen molar-refractivity contribution < 1.29 is 9.53 Å². The lowest BCUT2D eigenvalue weighted by molar-refractivity contribution is 0.0761. The smallest absolute Gasteiger partial charge is 0.257 e. The van der Waals surface area contributed by atoms with Crippen LogP contribution in [0.2, 0.25) is 0 Å². The highest BCUT2D eigenvalue weighted by Gasteiger charge is 2.23. The molecule has 1 fully saturated rings. The standard InChI is InChI=1S/C22H28N2O2/c1-17(2)26-21-8-5-4-7-20(21)22(25)24-14-6-13-23(15-16-24)19-11-9-18(3)10-12-19/h4-5,7-12,17H,6,13-16H2,1-3H3. The van der Waals surface area contributed by atoms with Crippen molar-refractivity contribution in [1.29, 1.82) is 0 Å². The van der Waals surface area contributed by atoms with Crippen LogP contribution in [0.1, 0.15) is 36.2 Å². The average Bonchev–Trinajstić information content (AvgIpc) is 2.88. The maximum absolute atomic E-state index is 13.1. The molecule has 1 amide bonds.